The maximum absolute atomic E-state index is 10.4. The molecule has 3 aromatic rings. The van der Waals surface area contributed by atoms with Gasteiger partial charge in [-0.1, -0.05) is 24.3 Å². The fourth-order valence-electron chi connectivity index (χ4n) is 2.23. The molecule has 0 bridgehead atoms. The molecule has 0 spiro atoms. The van der Waals surface area contributed by atoms with Gasteiger partial charge in [0, 0.05) is 39.9 Å². The third kappa shape index (κ3) is 2.71. The zero-order valence-electron chi connectivity index (χ0n) is 10.7. The van der Waals surface area contributed by atoms with E-state index in [1.54, 1.807) is 12.4 Å². The van der Waals surface area contributed by atoms with Crippen LogP contribution in [-0.4, -0.2) is 15.1 Å². The van der Waals surface area contributed by atoms with E-state index >= 15 is 0 Å². The second-order valence-corrected chi connectivity index (χ2v) is 5.53. The van der Waals surface area contributed by atoms with E-state index in [0.29, 0.717) is 6.42 Å². The first-order chi connectivity index (χ1) is 9.74. The minimum atomic E-state index is -0.609. The summed E-state index contributed by atoms with van der Waals surface area (Å²) in [6.07, 6.45) is 3.35. The molecule has 20 heavy (non-hydrogen) atoms. The van der Waals surface area contributed by atoms with Gasteiger partial charge >= 0.3 is 0 Å². The summed E-state index contributed by atoms with van der Waals surface area (Å²) in [5.41, 5.74) is 2.54. The number of rotatable bonds is 3. The lowest BCUT2D eigenvalue weighted by Crippen LogP contribution is -2.04. The van der Waals surface area contributed by atoms with Gasteiger partial charge < -0.3 is 5.11 Å². The van der Waals surface area contributed by atoms with Crippen LogP contribution in [0.25, 0.3) is 10.9 Å². The SMILES string of the molecule is OC(Cc1ccc(Br)cn1)c1cccc2cccnc12. The fraction of sp³-hybridized carbons (Fsp3) is 0.125. The van der Waals surface area contributed by atoms with Gasteiger partial charge in [-0.15, -0.1) is 0 Å². The van der Waals surface area contributed by atoms with E-state index < -0.39 is 6.10 Å². The number of pyridine rings is 2. The highest BCUT2D eigenvalue weighted by molar-refractivity contribution is 9.10. The number of nitrogens with zero attached hydrogens (tertiary/aromatic N) is 2. The predicted molar refractivity (Wildman–Crippen MR) is 82.3 cm³/mol. The van der Waals surface area contributed by atoms with E-state index in [2.05, 4.69) is 25.9 Å². The molecule has 1 aromatic carbocycles. The zero-order chi connectivity index (χ0) is 13.9. The van der Waals surface area contributed by atoms with Crippen molar-refractivity contribution in [2.24, 2.45) is 0 Å². The number of para-hydroxylation sites is 1. The van der Waals surface area contributed by atoms with Crippen molar-refractivity contribution in [3.8, 4) is 0 Å². The third-order valence-electron chi connectivity index (χ3n) is 3.21. The average Bonchev–Trinajstić information content (AvgIpc) is 2.49. The van der Waals surface area contributed by atoms with Crippen molar-refractivity contribution in [1.82, 2.24) is 9.97 Å². The predicted octanol–water partition coefficient (Wildman–Crippen LogP) is 3.67. The van der Waals surface area contributed by atoms with Crippen LogP contribution >= 0.6 is 15.9 Å². The van der Waals surface area contributed by atoms with E-state index in [1.807, 2.05) is 42.5 Å². The third-order valence-corrected chi connectivity index (χ3v) is 3.68. The Hall–Kier alpha value is -1.78. The summed E-state index contributed by atoms with van der Waals surface area (Å²) < 4.78 is 0.933. The number of fused-ring (bicyclic) bond motifs is 1. The van der Waals surface area contributed by atoms with Crippen molar-refractivity contribution in [3.05, 3.63) is 70.6 Å². The van der Waals surface area contributed by atoms with Gasteiger partial charge in [0.1, 0.15) is 0 Å². The molecule has 0 radical (unpaired) electrons. The molecule has 0 amide bonds. The second-order valence-electron chi connectivity index (χ2n) is 4.61. The van der Waals surface area contributed by atoms with E-state index in [0.717, 1.165) is 26.6 Å². The first-order valence-electron chi connectivity index (χ1n) is 6.36. The molecule has 100 valence electrons. The second kappa shape index (κ2) is 5.69. The molecule has 0 saturated carbocycles. The number of aromatic nitrogens is 2. The monoisotopic (exact) mass is 328 g/mol. The molecule has 3 nitrogen and oxygen atoms in total. The standard InChI is InChI=1S/C16H13BrN2O/c17-12-6-7-13(19-10-12)9-15(20)14-5-1-3-11-4-2-8-18-16(11)14/h1-8,10,15,20H,9H2. The van der Waals surface area contributed by atoms with Crippen molar-refractivity contribution in [2.45, 2.75) is 12.5 Å². The van der Waals surface area contributed by atoms with Crippen molar-refractivity contribution in [1.29, 1.82) is 0 Å². The smallest absolute Gasteiger partial charge is 0.0866 e. The quantitative estimate of drug-likeness (QED) is 0.797. The summed E-state index contributed by atoms with van der Waals surface area (Å²) in [6.45, 7) is 0. The zero-order valence-corrected chi connectivity index (χ0v) is 12.3. The lowest BCUT2D eigenvalue weighted by Gasteiger charge is -2.12. The molecular weight excluding hydrogens is 316 g/mol. The highest BCUT2D eigenvalue weighted by Crippen LogP contribution is 2.24. The van der Waals surface area contributed by atoms with Crippen LogP contribution < -0.4 is 0 Å². The molecule has 3 rings (SSSR count). The maximum Gasteiger partial charge on any atom is 0.0866 e. The summed E-state index contributed by atoms with van der Waals surface area (Å²) in [4.78, 5) is 8.67. The molecule has 2 aromatic heterocycles. The molecule has 0 saturated heterocycles. The van der Waals surface area contributed by atoms with Crippen molar-refractivity contribution in [2.75, 3.05) is 0 Å². The molecular formula is C16H13BrN2O. The average molecular weight is 329 g/mol. The van der Waals surface area contributed by atoms with Crippen LogP contribution in [0.5, 0.6) is 0 Å². The Morgan fingerprint density at radius 2 is 1.90 bits per heavy atom. The maximum atomic E-state index is 10.4. The van der Waals surface area contributed by atoms with Crippen LogP contribution in [0.2, 0.25) is 0 Å². The van der Waals surface area contributed by atoms with E-state index in [9.17, 15) is 5.11 Å². The van der Waals surface area contributed by atoms with Crippen LogP contribution in [0.1, 0.15) is 17.4 Å². The normalized spacial score (nSPS) is 12.5. The van der Waals surface area contributed by atoms with Crippen molar-refractivity contribution >= 4 is 26.8 Å². The largest absolute Gasteiger partial charge is 0.388 e. The lowest BCUT2D eigenvalue weighted by molar-refractivity contribution is 0.178. The summed E-state index contributed by atoms with van der Waals surface area (Å²) in [5.74, 6) is 0. The number of benzene rings is 1. The Kier molecular flexibility index (Phi) is 3.76. The van der Waals surface area contributed by atoms with E-state index in [4.69, 9.17) is 0 Å². The van der Waals surface area contributed by atoms with Crippen molar-refractivity contribution in [3.63, 3.8) is 0 Å². The van der Waals surface area contributed by atoms with Crippen LogP contribution in [-0.2, 0) is 6.42 Å². The molecule has 2 heterocycles. The number of halogens is 1. The molecule has 1 unspecified atom stereocenters. The Balaban J connectivity index is 1.92. The molecule has 1 N–H and O–H groups in total. The topological polar surface area (TPSA) is 46.0 Å². The number of aliphatic hydroxyl groups excluding tert-OH is 1. The van der Waals surface area contributed by atoms with E-state index in [1.165, 1.54) is 0 Å². The van der Waals surface area contributed by atoms with Crippen LogP contribution in [0.15, 0.2) is 59.3 Å². The minimum Gasteiger partial charge on any atom is -0.388 e. The minimum absolute atomic E-state index is 0.475. The van der Waals surface area contributed by atoms with Crippen LogP contribution in [0.3, 0.4) is 0 Å². The molecule has 0 aliphatic rings. The first kappa shape index (κ1) is 13.2. The molecule has 0 aliphatic carbocycles. The molecule has 0 fully saturated rings. The summed E-state index contributed by atoms with van der Waals surface area (Å²) in [7, 11) is 0. The van der Waals surface area contributed by atoms with Gasteiger partial charge in [-0.2, -0.15) is 0 Å². The van der Waals surface area contributed by atoms with Gasteiger partial charge in [0.05, 0.1) is 11.6 Å². The summed E-state index contributed by atoms with van der Waals surface area (Å²) in [5, 5.41) is 11.5. The Labute approximate surface area is 125 Å². The lowest BCUT2D eigenvalue weighted by atomic mass is 10.0. The van der Waals surface area contributed by atoms with Crippen LogP contribution in [0.4, 0.5) is 0 Å². The molecule has 4 heteroatoms. The highest BCUT2D eigenvalue weighted by atomic mass is 79.9. The van der Waals surface area contributed by atoms with Gasteiger partial charge in [0.2, 0.25) is 0 Å². The number of hydrogen-bond donors (Lipinski definition) is 1. The van der Waals surface area contributed by atoms with Gasteiger partial charge in [0.15, 0.2) is 0 Å². The summed E-state index contributed by atoms with van der Waals surface area (Å²) in [6, 6.07) is 13.6. The highest BCUT2D eigenvalue weighted by Gasteiger charge is 2.13. The Morgan fingerprint density at radius 1 is 1.05 bits per heavy atom. The van der Waals surface area contributed by atoms with Crippen molar-refractivity contribution < 1.29 is 5.11 Å². The van der Waals surface area contributed by atoms with Gasteiger partial charge in [-0.25, -0.2) is 0 Å². The van der Waals surface area contributed by atoms with Crippen LogP contribution in [0, 0.1) is 0 Å². The van der Waals surface area contributed by atoms with Gasteiger partial charge in [0.25, 0.3) is 0 Å². The fourth-order valence-corrected chi connectivity index (χ4v) is 2.47. The summed E-state index contributed by atoms with van der Waals surface area (Å²) >= 11 is 3.35. The van der Waals surface area contributed by atoms with Gasteiger partial charge in [-0.3, -0.25) is 9.97 Å². The Bertz CT molecular complexity index is 723. The van der Waals surface area contributed by atoms with Gasteiger partial charge in [-0.05, 0) is 34.1 Å². The number of hydrogen-bond acceptors (Lipinski definition) is 3. The molecule has 0 aliphatic heterocycles. The number of aliphatic hydroxyl groups is 1. The Morgan fingerprint density at radius 3 is 2.70 bits per heavy atom. The van der Waals surface area contributed by atoms with E-state index in [-0.39, 0.29) is 0 Å². The first-order valence-corrected chi connectivity index (χ1v) is 7.15. The molecule has 1 atom stereocenters.